The van der Waals surface area contributed by atoms with Crippen LogP contribution in [0.3, 0.4) is 0 Å². The fourth-order valence-electron chi connectivity index (χ4n) is 4.81. The van der Waals surface area contributed by atoms with E-state index in [1.807, 2.05) is 57.2 Å². The molecule has 0 heterocycles. The first-order valence-electron chi connectivity index (χ1n) is 12.8. The van der Waals surface area contributed by atoms with E-state index >= 15 is 0 Å². The van der Waals surface area contributed by atoms with Crippen molar-refractivity contribution in [3.63, 3.8) is 0 Å². The summed E-state index contributed by atoms with van der Waals surface area (Å²) in [5.74, 6) is -0.585. The molecular formula is C28H39N3O4S. The van der Waals surface area contributed by atoms with Crippen molar-refractivity contribution in [2.75, 3.05) is 17.1 Å². The minimum absolute atomic E-state index is 0.132. The van der Waals surface area contributed by atoms with E-state index in [0.29, 0.717) is 12.1 Å². The average molecular weight is 514 g/mol. The number of nitrogens with zero attached hydrogens (tertiary/aromatic N) is 2. The third-order valence-electron chi connectivity index (χ3n) is 6.83. The fourth-order valence-corrected chi connectivity index (χ4v) is 5.66. The van der Waals surface area contributed by atoms with Gasteiger partial charge in [0, 0.05) is 12.6 Å². The van der Waals surface area contributed by atoms with Crippen LogP contribution in [0.25, 0.3) is 0 Å². The predicted molar refractivity (Wildman–Crippen MR) is 144 cm³/mol. The lowest BCUT2D eigenvalue weighted by Gasteiger charge is -2.33. The molecule has 0 aliphatic heterocycles. The van der Waals surface area contributed by atoms with Crippen molar-refractivity contribution in [3.05, 3.63) is 65.2 Å². The molecule has 7 nitrogen and oxygen atoms in total. The van der Waals surface area contributed by atoms with E-state index in [0.717, 1.165) is 59.4 Å². The number of sulfonamides is 1. The predicted octanol–water partition coefficient (Wildman–Crippen LogP) is 4.19. The van der Waals surface area contributed by atoms with Crippen LogP contribution in [0.1, 0.15) is 62.6 Å². The van der Waals surface area contributed by atoms with Gasteiger partial charge in [0.2, 0.25) is 21.8 Å². The minimum atomic E-state index is -3.73. The molecule has 1 fully saturated rings. The molecular weight excluding hydrogens is 474 g/mol. The molecule has 0 spiro atoms. The van der Waals surface area contributed by atoms with E-state index in [-0.39, 0.29) is 25.0 Å². The summed E-state index contributed by atoms with van der Waals surface area (Å²) >= 11 is 0. The SMILES string of the molecule is CCc1ccc(N(CC(=O)N(Cc2cccc(C)c2)[C@H](CC)C(=O)NC2CCCC2)S(C)(=O)=O)cc1. The standard InChI is InChI=1S/C28H39N3O4S/c1-5-22-14-16-25(17-15-22)31(36(4,34)35)20-27(32)30(19-23-11-9-10-21(3)18-23)26(6-2)28(33)29-24-12-7-8-13-24/h9-11,14-18,24,26H,5-8,12-13,19-20H2,1-4H3,(H,29,33)/t26-/m1/s1. The van der Waals surface area contributed by atoms with Crippen LogP contribution >= 0.6 is 0 Å². The molecule has 2 amide bonds. The molecule has 2 aromatic rings. The van der Waals surface area contributed by atoms with Gasteiger partial charge in [-0.25, -0.2) is 8.42 Å². The van der Waals surface area contributed by atoms with Gasteiger partial charge in [-0.15, -0.1) is 0 Å². The molecule has 2 aromatic carbocycles. The van der Waals surface area contributed by atoms with Crippen molar-refractivity contribution >= 4 is 27.5 Å². The lowest BCUT2D eigenvalue weighted by Crippen LogP contribution is -2.53. The number of hydrogen-bond donors (Lipinski definition) is 1. The highest BCUT2D eigenvalue weighted by Crippen LogP contribution is 2.22. The van der Waals surface area contributed by atoms with Crippen LogP contribution in [-0.2, 0) is 32.6 Å². The molecule has 0 saturated heterocycles. The molecule has 8 heteroatoms. The number of hydrogen-bond acceptors (Lipinski definition) is 4. The summed E-state index contributed by atoms with van der Waals surface area (Å²) in [6.45, 7) is 5.74. The Balaban J connectivity index is 1.91. The van der Waals surface area contributed by atoms with Gasteiger partial charge in [-0.3, -0.25) is 13.9 Å². The van der Waals surface area contributed by atoms with E-state index in [4.69, 9.17) is 0 Å². The van der Waals surface area contributed by atoms with Crippen LogP contribution in [0.4, 0.5) is 5.69 Å². The van der Waals surface area contributed by atoms with Crippen molar-refractivity contribution in [3.8, 4) is 0 Å². The van der Waals surface area contributed by atoms with Gasteiger partial charge in [-0.1, -0.05) is 68.7 Å². The van der Waals surface area contributed by atoms with Gasteiger partial charge in [0.15, 0.2) is 0 Å². The first-order chi connectivity index (χ1) is 17.1. The van der Waals surface area contributed by atoms with E-state index in [9.17, 15) is 18.0 Å². The van der Waals surface area contributed by atoms with Crippen LogP contribution in [0.2, 0.25) is 0 Å². The molecule has 0 unspecified atom stereocenters. The molecule has 1 N–H and O–H groups in total. The summed E-state index contributed by atoms with van der Waals surface area (Å²) < 4.78 is 26.6. The Morgan fingerprint density at radius 3 is 2.25 bits per heavy atom. The molecule has 1 aliphatic carbocycles. The highest BCUT2D eigenvalue weighted by molar-refractivity contribution is 7.92. The third-order valence-corrected chi connectivity index (χ3v) is 7.98. The lowest BCUT2D eigenvalue weighted by atomic mass is 10.1. The van der Waals surface area contributed by atoms with Gasteiger partial charge in [0.25, 0.3) is 0 Å². The van der Waals surface area contributed by atoms with Crippen molar-refractivity contribution in [2.24, 2.45) is 0 Å². The van der Waals surface area contributed by atoms with E-state index in [1.165, 1.54) is 4.90 Å². The van der Waals surface area contributed by atoms with Gasteiger partial charge >= 0.3 is 0 Å². The highest BCUT2D eigenvalue weighted by Gasteiger charge is 2.33. The Hall–Kier alpha value is -2.87. The van der Waals surface area contributed by atoms with Gasteiger partial charge in [0.1, 0.15) is 12.6 Å². The van der Waals surface area contributed by atoms with Crippen molar-refractivity contribution in [2.45, 2.75) is 77.9 Å². The van der Waals surface area contributed by atoms with E-state index < -0.39 is 22.0 Å². The number of amides is 2. The zero-order chi connectivity index (χ0) is 26.3. The Morgan fingerprint density at radius 1 is 1.03 bits per heavy atom. The minimum Gasteiger partial charge on any atom is -0.352 e. The van der Waals surface area contributed by atoms with E-state index in [2.05, 4.69) is 5.32 Å². The van der Waals surface area contributed by atoms with Crippen molar-refractivity contribution in [1.29, 1.82) is 0 Å². The Kier molecular flexibility index (Phi) is 9.54. The fraction of sp³-hybridized carbons (Fsp3) is 0.500. The Bertz CT molecular complexity index is 1140. The Labute approximate surface area is 215 Å². The van der Waals surface area contributed by atoms with Gasteiger partial charge in [0.05, 0.1) is 11.9 Å². The normalized spacial score (nSPS) is 14.9. The maximum absolute atomic E-state index is 13.8. The number of carbonyl (C=O) groups excluding carboxylic acids is 2. The zero-order valence-corrected chi connectivity index (χ0v) is 22.7. The summed E-state index contributed by atoms with van der Waals surface area (Å²) in [5, 5.41) is 3.13. The number of nitrogens with one attached hydrogen (secondary N) is 1. The molecule has 0 aromatic heterocycles. The van der Waals surface area contributed by atoms with Gasteiger partial charge < -0.3 is 10.2 Å². The maximum atomic E-state index is 13.8. The highest BCUT2D eigenvalue weighted by atomic mass is 32.2. The first-order valence-corrected chi connectivity index (χ1v) is 14.7. The van der Waals surface area contributed by atoms with Crippen LogP contribution in [0.15, 0.2) is 48.5 Å². The maximum Gasteiger partial charge on any atom is 0.244 e. The number of aryl methyl sites for hydroxylation is 2. The van der Waals surface area contributed by atoms with Crippen molar-refractivity contribution < 1.29 is 18.0 Å². The topological polar surface area (TPSA) is 86.8 Å². The van der Waals surface area contributed by atoms with Gasteiger partial charge in [-0.2, -0.15) is 0 Å². The number of carbonyl (C=O) groups is 2. The van der Waals surface area contributed by atoms with Crippen LogP contribution < -0.4 is 9.62 Å². The molecule has 1 atom stereocenters. The molecule has 3 rings (SSSR count). The second-order valence-electron chi connectivity index (χ2n) is 9.71. The van der Waals surface area contributed by atoms with Crippen molar-refractivity contribution in [1.82, 2.24) is 10.2 Å². The summed E-state index contributed by atoms with van der Waals surface area (Å²) in [7, 11) is -3.73. The van der Waals surface area contributed by atoms with Crippen LogP contribution in [-0.4, -0.2) is 50.0 Å². The lowest BCUT2D eigenvalue weighted by molar-refractivity contribution is -0.140. The largest absolute Gasteiger partial charge is 0.352 e. The second-order valence-corrected chi connectivity index (χ2v) is 11.6. The zero-order valence-electron chi connectivity index (χ0n) is 21.9. The third kappa shape index (κ3) is 7.32. The molecule has 0 bridgehead atoms. The number of anilines is 1. The second kappa shape index (κ2) is 12.4. The summed E-state index contributed by atoms with van der Waals surface area (Å²) in [4.78, 5) is 28.6. The quantitative estimate of drug-likeness (QED) is 0.488. The molecule has 196 valence electrons. The smallest absolute Gasteiger partial charge is 0.244 e. The molecule has 1 aliphatic rings. The number of rotatable bonds is 11. The monoisotopic (exact) mass is 513 g/mol. The summed E-state index contributed by atoms with van der Waals surface area (Å²) in [5.41, 5.74) is 3.46. The van der Waals surface area contributed by atoms with Crippen LogP contribution in [0, 0.1) is 6.92 Å². The average Bonchev–Trinajstić information content (AvgIpc) is 3.34. The summed E-state index contributed by atoms with van der Waals surface area (Å²) in [6, 6.07) is 14.4. The van der Waals surface area contributed by atoms with E-state index in [1.54, 1.807) is 12.1 Å². The number of benzene rings is 2. The van der Waals surface area contributed by atoms with Gasteiger partial charge in [-0.05, 0) is 55.9 Å². The van der Waals surface area contributed by atoms with Crippen LogP contribution in [0.5, 0.6) is 0 Å². The summed E-state index contributed by atoms with van der Waals surface area (Å²) in [6.07, 6.45) is 6.44. The molecule has 1 saturated carbocycles. The molecule has 0 radical (unpaired) electrons. The molecule has 36 heavy (non-hydrogen) atoms. The first kappa shape index (κ1) is 27.7. The Morgan fingerprint density at radius 2 is 1.69 bits per heavy atom.